The normalized spacial score (nSPS) is 19.6. The second-order valence-electron chi connectivity index (χ2n) is 5.70. The quantitative estimate of drug-likeness (QED) is 0.820. The van der Waals surface area contributed by atoms with E-state index in [4.69, 9.17) is 21.1 Å². The van der Waals surface area contributed by atoms with Crippen LogP contribution in [-0.2, 0) is 11.4 Å². The summed E-state index contributed by atoms with van der Waals surface area (Å²) in [7, 11) is 1.59. The molecule has 3 rings (SSSR count). The molecule has 0 spiro atoms. The van der Waals surface area contributed by atoms with Gasteiger partial charge in [0.15, 0.2) is 16.9 Å². The third kappa shape index (κ3) is 4.39. The van der Waals surface area contributed by atoms with E-state index in [2.05, 4.69) is 0 Å². The first-order chi connectivity index (χ1) is 12.1. The lowest BCUT2D eigenvalue weighted by Gasteiger charge is -2.15. The minimum absolute atomic E-state index is 0.0158. The first kappa shape index (κ1) is 17.9. The number of methoxy groups -OCH3 is 1. The average molecular weight is 380 g/mol. The number of benzene rings is 2. The number of nitrogens with two attached hydrogens (primary N) is 1. The maximum atomic E-state index is 11.0. The molecule has 25 heavy (non-hydrogen) atoms. The number of carbonyl (C=O) groups excluding carboxylic acids is 1. The summed E-state index contributed by atoms with van der Waals surface area (Å²) in [6.45, 7) is 0.407. The highest BCUT2D eigenvalue weighted by atomic mass is 35.5. The first-order valence-electron chi connectivity index (χ1n) is 7.79. The molecule has 0 unspecified atom stereocenters. The standard InChI is InChI=1S/C18H18ClNO4S/c1-23-16-8-12(17-20-14(10-25-17)18(21)22)4-7-15(16)24-9-11-2-5-13(19)6-3-11/h2-8,14,17,20H,9-10H2,1H3,(H,21,22)/t14-,17+/m1/s1. The summed E-state index contributed by atoms with van der Waals surface area (Å²) in [6.07, 6.45) is 0. The molecule has 0 radical (unpaired) electrons. The SMILES string of the molecule is COc1cc([C@H]2[NH2+][C@@H](C(=O)[O-])CS2)ccc1OCc1ccc(Cl)cc1. The van der Waals surface area contributed by atoms with Crippen molar-refractivity contribution in [2.45, 2.75) is 18.0 Å². The van der Waals surface area contributed by atoms with Gasteiger partial charge in [0, 0.05) is 10.6 Å². The molecule has 5 nitrogen and oxygen atoms in total. The molecule has 1 fully saturated rings. The average Bonchev–Trinajstić information content (AvgIpc) is 3.11. The van der Waals surface area contributed by atoms with Gasteiger partial charge in [0.05, 0.1) is 12.9 Å². The van der Waals surface area contributed by atoms with Crippen LogP contribution in [0.5, 0.6) is 11.5 Å². The summed E-state index contributed by atoms with van der Waals surface area (Å²) < 4.78 is 11.3. The van der Waals surface area contributed by atoms with E-state index in [-0.39, 0.29) is 5.37 Å². The topological polar surface area (TPSA) is 75.2 Å². The number of carboxylic acid groups (broad SMARTS) is 1. The minimum Gasteiger partial charge on any atom is -0.544 e. The fourth-order valence-electron chi connectivity index (χ4n) is 2.61. The van der Waals surface area contributed by atoms with Crippen molar-refractivity contribution in [2.75, 3.05) is 12.9 Å². The van der Waals surface area contributed by atoms with Crippen LogP contribution in [0.3, 0.4) is 0 Å². The fraction of sp³-hybridized carbons (Fsp3) is 0.278. The number of carbonyl (C=O) groups is 1. The second kappa shape index (κ2) is 7.99. The van der Waals surface area contributed by atoms with E-state index >= 15 is 0 Å². The summed E-state index contributed by atoms with van der Waals surface area (Å²) >= 11 is 7.46. The van der Waals surface area contributed by atoms with Crippen molar-refractivity contribution in [2.24, 2.45) is 0 Å². The smallest absolute Gasteiger partial charge is 0.161 e. The number of ether oxygens (including phenoxy) is 2. The van der Waals surface area contributed by atoms with Gasteiger partial charge < -0.3 is 24.7 Å². The molecule has 2 aromatic carbocycles. The molecule has 7 heteroatoms. The number of aliphatic carboxylic acids is 1. The number of hydrogen-bond acceptors (Lipinski definition) is 5. The van der Waals surface area contributed by atoms with E-state index in [0.717, 1.165) is 11.1 Å². The van der Waals surface area contributed by atoms with Crippen LogP contribution in [0.1, 0.15) is 16.5 Å². The van der Waals surface area contributed by atoms with Crippen molar-refractivity contribution < 1.29 is 24.7 Å². The number of carboxylic acids is 1. The molecule has 0 saturated carbocycles. The van der Waals surface area contributed by atoms with Crippen LogP contribution in [0.15, 0.2) is 42.5 Å². The fourth-order valence-corrected chi connectivity index (χ4v) is 4.03. The highest BCUT2D eigenvalue weighted by Crippen LogP contribution is 2.34. The monoisotopic (exact) mass is 379 g/mol. The maximum absolute atomic E-state index is 11.0. The zero-order chi connectivity index (χ0) is 17.8. The summed E-state index contributed by atoms with van der Waals surface area (Å²) in [6, 6.07) is 12.6. The van der Waals surface area contributed by atoms with Crippen LogP contribution in [0.25, 0.3) is 0 Å². The Labute approximate surface area is 155 Å². The Morgan fingerprint density at radius 3 is 2.68 bits per heavy atom. The van der Waals surface area contributed by atoms with Crippen molar-refractivity contribution in [1.29, 1.82) is 0 Å². The Kier molecular flexibility index (Phi) is 5.73. The van der Waals surface area contributed by atoms with Gasteiger partial charge in [0.25, 0.3) is 0 Å². The molecule has 2 N–H and O–H groups in total. The molecular weight excluding hydrogens is 362 g/mol. The van der Waals surface area contributed by atoms with Crippen LogP contribution in [-0.4, -0.2) is 24.9 Å². The predicted molar refractivity (Wildman–Crippen MR) is 94.7 cm³/mol. The Hall–Kier alpha value is -1.89. The molecule has 0 bridgehead atoms. The highest BCUT2D eigenvalue weighted by Gasteiger charge is 2.31. The van der Waals surface area contributed by atoms with E-state index in [1.165, 1.54) is 0 Å². The van der Waals surface area contributed by atoms with Gasteiger partial charge in [-0.3, -0.25) is 0 Å². The van der Waals surface area contributed by atoms with Crippen molar-refractivity contribution in [3.8, 4) is 11.5 Å². The van der Waals surface area contributed by atoms with Gasteiger partial charge in [-0.05, 0) is 35.9 Å². The Balaban J connectivity index is 1.69. The zero-order valence-electron chi connectivity index (χ0n) is 13.6. The molecule has 0 aliphatic carbocycles. The van der Waals surface area contributed by atoms with Crippen LogP contribution < -0.4 is 19.9 Å². The number of rotatable bonds is 6. The molecule has 1 saturated heterocycles. The molecule has 2 aromatic rings. The van der Waals surface area contributed by atoms with Gasteiger partial charge in [-0.2, -0.15) is 0 Å². The molecule has 132 valence electrons. The van der Waals surface area contributed by atoms with Crippen molar-refractivity contribution in [3.05, 3.63) is 58.6 Å². The number of hydrogen-bond donors (Lipinski definition) is 1. The lowest BCUT2D eigenvalue weighted by molar-refractivity contribution is -0.690. The Morgan fingerprint density at radius 2 is 2.04 bits per heavy atom. The van der Waals surface area contributed by atoms with E-state index < -0.39 is 12.0 Å². The van der Waals surface area contributed by atoms with Crippen molar-refractivity contribution in [1.82, 2.24) is 0 Å². The predicted octanol–water partition coefficient (Wildman–Crippen LogP) is 1.35. The lowest BCUT2D eigenvalue weighted by atomic mass is 10.2. The summed E-state index contributed by atoms with van der Waals surface area (Å²) in [5, 5.41) is 13.5. The lowest BCUT2D eigenvalue weighted by Crippen LogP contribution is -2.90. The van der Waals surface area contributed by atoms with E-state index in [1.807, 2.05) is 47.8 Å². The first-order valence-corrected chi connectivity index (χ1v) is 9.22. The molecule has 1 heterocycles. The maximum Gasteiger partial charge on any atom is 0.161 e. The number of thioether (sulfide) groups is 1. The third-order valence-electron chi connectivity index (χ3n) is 3.99. The summed E-state index contributed by atoms with van der Waals surface area (Å²) in [5.74, 6) is 0.771. The molecule has 0 amide bonds. The Morgan fingerprint density at radius 1 is 1.28 bits per heavy atom. The molecule has 1 aliphatic rings. The minimum atomic E-state index is -1.02. The zero-order valence-corrected chi connectivity index (χ0v) is 15.2. The van der Waals surface area contributed by atoms with Gasteiger partial charge in [-0.25, -0.2) is 0 Å². The highest BCUT2D eigenvalue weighted by molar-refractivity contribution is 7.99. The van der Waals surface area contributed by atoms with Gasteiger partial charge in [-0.1, -0.05) is 35.5 Å². The summed E-state index contributed by atoms with van der Waals surface area (Å²) in [4.78, 5) is 11.0. The van der Waals surface area contributed by atoms with Crippen molar-refractivity contribution >= 4 is 29.3 Å². The van der Waals surface area contributed by atoms with Crippen molar-refractivity contribution in [3.63, 3.8) is 0 Å². The van der Waals surface area contributed by atoms with Crippen LogP contribution in [0.2, 0.25) is 5.02 Å². The number of halogens is 1. The Bertz CT molecular complexity index is 753. The van der Waals surface area contributed by atoms with Gasteiger partial charge >= 0.3 is 0 Å². The number of quaternary nitrogens is 1. The van der Waals surface area contributed by atoms with E-state index in [0.29, 0.717) is 28.9 Å². The molecular formula is C18H18ClNO4S. The molecule has 0 aromatic heterocycles. The van der Waals surface area contributed by atoms with Crippen LogP contribution in [0.4, 0.5) is 0 Å². The van der Waals surface area contributed by atoms with Crippen LogP contribution in [0, 0.1) is 0 Å². The van der Waals surface area contributed by atoms with Gasteiger partial charge in [0.2, 0.25) is 0 Å². The van der Waals surface area contributed by atoms with E-state index in [9.17, 15) is 9.90 Å². The second-order valence-corrected chi connectivity index (χ2v) is 7.31. The van der Waals surface area contributed by atoms with Gasteiger partial charge in [0.1, 0.15) is 18.6 Å². The van der Waals surface area contributed by atoms with E-state index in [1.54, 1.807) is 18.9 Å². The third-order valence-corrected chi connectivity index (χ3v) is 5.58. The van der Waals surface area contributed by atoms with Gasteiger partial charge in [-0.15, -0.1) is 0 Å². The van der Waals surface area contributed by atoms with Crippen LogP contribution >= 0.6 is 23.4 Å². The molecule has 1 aliphatic heterocycles. The largest absolute Gasteiger partial charge is 0.544 e. The summed E-state index contributed by atoms with van der Waals surface area (Å²) in [5.41, 5.74) is 2.00. The molecule has 2 atom stereocenters.